The highest BCUT2D eigenvalue weighted by Gasteiger charge is 2.31. The van der Waals surface area contributed by atoms with Crippen molar-refractivity contribution in [3.05, 3.63) is 69.8 Å². The molecule has 1 fully saturated rings. The number of esters is 1. The molecule has 27 heavy (non-hydrogen) atoms. The summed E-state index contributed by atoms with van der Waals surface area (Å²) in [6, 6.07) is 12.4. The van der Waals surface area contributed by atoms with Crippen LogP contribution in [0, 0.1) is 10.1 Å². The number of nitro benzene ring substituents is 1. The average Bonchev–Trinajstić information content (AvgIpc) is 3.21. The number of benzene rings is 2. The number of amides is 1. The first-order valence-corrected chi connectivity index (χ1v) is 8.56. The van der Waals surface area contributed by atoms with Crippen molar-refractivity contribution in [3.8, 4) is 0 Å². The van der Waals surface area contributed by atoms with Gasteiger partial charge in [0.15, 0.2) is 0 Å². The van der Waals surface area contributed by atoms with Gasteiger partial charge in [-0.3, -0.25) is 14.9 Å². The Morgan fingerprint density at radius 1 is 1.11 bits per heavy atom. The summed E-state index contributed by atoms with van der Waals surface area (Å²) < 4.78 is 5.48. The van der Waals surface area contributed by atoms with Crippen LogP contribution >= 0.6 is 0 Å². The van der Waals surface area contributed by atoms with Crippen molar-refractivity contribution in [3.63, 3.8) is 0 Å². The van der Waals surface area contributed by atoms with Crippen LogP contribution in [0.1, 0.15) is 34.9 Å². The summed E-state index contributed by atoms with van der Waals surface area (Å²) in [7, 11) is 0. The van der Waals surface area contributed by atoms with Gasteiger partial charge in [0, 0.05) is 24.7 Å². The zero-order valence-corrected chi connectivity index (χ0v) is 14.5. The summed E-state index contributed by atoms with van der Waals surface area (Å²) in [5, 5.41) is 11.0. The van der Waals surface area contributed by atoms with Crippen molar-refractivity contribution in [2.75, 3.05) is 18.8 Å². The highest BCUT2D eigenvalue weighted by molar-refractivity contribution is 5.94. The normalized spacial score (nSPS) is 14.6. The Morgan fingerprint density at radius 3 is 2.41 bits per heavy atom. The Bertz CT molecular complexity index is 863. The van der Waals surface area contributed by atoms with Crippen molar-refractivity contribution in [1.82, 2.24) is 4.90 Å². The summed E-state index contributed by atoms with van der Waals surface area (Å²) in [4.78, 5) is 37.5. The minimum Gasteiger partial charge on any atom is -0.444 e. The van der Waals surface area contributed by atoms with Gasteiger partial charge >= 0.3 is 5.97 Å². The zero-order valence-electron chi connectivity index (χ0n) is 14.5. The summed E-state index contributed by atoms with van der Waals surface area (Å²) in [5.74, 6) is -1.11. The lowest BCUT2D eigenvalue weighted by Gasteiger charge is -2.23. The number of nitrogens with zero attached hydrogens (tertiary/aromatic N) is 2. The zero-order chi connectivity index (χ0) is 19.4. The fraction of sp³-hybridized carbons (Fsp3) is 0.263. The lowest BCUT2D eigenvalue weighted by atomic mass is 10.1. The third-order valence-electron chi connectivity index (χ3n) is 4.43. The van der Waals surface area contributed by atoms with E-state index in [-0.39, 0.29) is 22.8 Å². The van der Waals surface area contributed by atoms with E-state index in [1.165, 1.54) is 12.1 Å². The third kappa shape index (κ3) is 4.05. The molecule has 0 spiro atoms. The summed E-state index contributed by atoms with van der Waals surface area (Å²) in [5.41, 5.74) is 5.64. The largest absolute Gasteiger partial charge is 0.444 e. The van der Waals surface area contributed by atoms with E-state index < -0.39 is 17.0 Å². The predicted octanol–water partition coefficient (Wildman–Crippen LogP) is 2.70. The molecule has 1 aliphatic heterocycles. The van der Waals surface area contributed by atoms with Crippen LogP contribution in [0.2, 0.25) is 0 Å². The number of ether oxygens (including phenoxy) is 1. The number of anilines is 1. The first kappa shape index (κ1) is 18.4. The molecule has 1 atom stereocenters. The van der Waals surface area contributed by atoms with Gasteiger partial charge < -0.3 is 15.4 Å². The Labute approximate surface area is 155 Å². The Morgan fingerprint density at radius 2 is 1.78 bits per heavy atom. The van der Waals surface area contributed by atoms with E-state index in [0.29, 0.717) is 18.7 Å². The van der Waals surface area contributed by atoms with E-state index in [1.807, 2.05) is 0 Å². The van der Waals surface area contributed by atoms with Crippen molar-refractivity contribution in [1.29, 1.82) is 0 Å². The Hall–Kier alpha value is -3.42. The van der Waals surface area contributed by atoms with Crippen molar-refractivity contribution in [2.24, 2.45) is 0 Å². The molecule has 0 aromatic heterocycles. The van der Waals surface area contributed by atoms with Crippen molar-refractivity contribution >= 4 is 23.3 Å². The van der Waals surface area contributed by atoms with E-state index >= 15 is 0 Å². The van der Waals surface area contributed by atoms with Crippen LogP contribution in [-0.4, -0.2) is 34.8 Å². The van der Waals surface area contributed by atoms with Gasteiger partial charge in [0.25, 0.3) is 11.6 Å². The molecule has 2 aromatic rings. The molecule has 8 heteroatoms. The number of nitro groups is 1. The van der Waals surface area contributed by atoms with Crippen molar-refractivity contribution in [2.45, 2.75) is 18.9 Å². The molecule has 1 saturated heterocycles. The Balaban J connectivity index is 1.87. The summed E-state index contributed by atoms with van der Waals surface area (Å²) in [6.07, 6.45) is 0.713. The summed E-state index contributed by atoms with van der Waals surface area (Å²) in [6.45, 7) is 1.24. The SMILES string of the molecule is Nc1ccc(C(=O)OC(C(=O)N2CCCC2)c2ccccc2)cc1[N+](=O)[O-]. The van der Waals surface area contributed by atoms with E-state index in [9.17, 15) is 19.7 Å². The second kappa shape index (κ2) is 7.86. The van der Waals surface area contributed by atoms with Crippen LogP contribution in [-0.2, 0) is 9.53 Å². The number of hydrogen-bond acceptors (Lipinski definition) is 6. The molecular weight excluding hydrogens is 350 g/mol. The van der Waals surface area contributed by atoms with E-state index in [4.69, 9.17) is 10.5 Å². The molecule has 140 valence electrons. The standard InChI is InChI=1S/C19H19N3O5/c20-15-9-8-14(12-16(15)22(25)26)19(24)27-17(13-6-2-1-3-7-13)18(23)21-10-4-5-11-21/h1-3,6-9,12,17H,4-5,10-11,20H2. The van der Waals surface area contributed by atoms with Gasteiger partial charge in [0.05, 0.1) is 10.5 Å². The molecule has 0 radical (unpaired) electrons. The molecule has 1 aliphatic rings. The summed E-state index contributed by atoms with van der Waals surface area (Å²) >= 11 is 0. The number of likely N-dealkylation sites (tertiary alicyclic amines) is 1. The van der Waals surface area contributed by atoms with Gasteiger partial charge in [-0.1, -0.05) is 30.3 Å². The van der Waals surface area contributed by atoms with E-state index in [0.717, 1.165) is 18.9 Å². The predicted molar refractivity (Wildman–Crippen MR) is 97.9 cm³/mol. The number of hydrogen-bond donors (Lipinski definition) is 1. The van der Waals surface area contributed by atoms with Crippen LogP contribution in [0.4, 0.5) is 11.4 Å². The van der Waals surface area contributed by atoms with E-state index in [1.54, 1.807) is 35.2 Å². The first-order chi connectivity index (χ1) is 13.0. The monoisotopic (exact) mass is 369 g/mol. The number of nitrogen functional groups attached to an aromatic ring is 1. The van der Waals surface area contributed by atoms with Crippen LogP contribution in [0.3, 0.4) is 0 Å². The molecule has 2 N–H and O–H groups in total. The number of nitrogens with two attached hydrogens (primary N) is 1. The first-order valence-electron chi connectivity index (χ1n) is 8.56. The van der Waals surface area contributed by atoms with Crippen LogP contribution in [0.25, 0.3) is 0 Å². The molecule has 1 unspecified atom stereocenters. The maximum absolute atomic E-state index is 12.9. The van der Waals surface area contributed by atoms with Gasteiger partial charge in [-0.15, -0.1) is 0 Å². The van der Waals surface area contributed by atoms with Gasteiger partial charge in [-0.25, -0.2) is 4.79 Å². The van der Waals surface area contributed by atoms with E-state index in [2.05, 4.69) is 0 Å². The minimum absolute atomic E-state index is 0.0361. The maximum Gasteiger partial charge on any atom is 0.339 e. The lowest BCUT2D eigenvalue weighted by molar-refractivity contribution is -0.383. The molecule has 0 bridgehead atoms. The fourth-order valence-electron chi connectivity index (χ4n) is 3.00. The van der Waals surface area contributed by atoms with Gasteiger partial charge in [0.2, 0.25) is 6.10 Å². The molecular formula is C19H19N3O5. The van der Waals surface area contributed by atoms with Gasteiger partial charge in [-0.2, -0.15) is 0 Å². The molecule has 3 rings (SSSR count). The number of carbonyl (C=O) groups excluding carboxylic acids is 2. The second-order valence-electron chi connectivity index (χ2n) is 6.26. The topological polar surface area (TPSA) is 116 Å². The van der Waals surface area contributed by atoms with Crippen LogP contribution in [0.5, 0.6) is 0 Å². The molecule has 8 nitrogen and oxygen atoms in total. The molecule has 2 aromatic carbocycles. The molecule has 0 saturated carbocycles. The highest BCUT2D eigenvalue weighted by Crippen LogP contribution is 2.27. The van der Waals surface area contributed by atoms with Gasteiger partial charge in [0.1, 0.15) is 5.69 Å². The fourth-order valence-corrected chi connectivity index (χ4v) is 3.00. The molecule has 1 heterocycles. The quantitative estimate of drug-likeness (QED) is 0.375. The van der Waals surface area contributed by atoms with Crippen LogP contribution in [0.15, 0.2) is 48.5 Å². The minimum atomic E-state index is -1.10. The maximum atomic E-state index is 12.9. The van der Waals surface area contributed by atoms with Crippen LogP contribution < -0.4 is 5.73 Å². The third-order valence-corrected chi connectivity index (χ3v) is 4.43. The van der Waals surface area contributed by atoms with Gasteiger partial charge in [-0.05, 0) is 25.0 Å². The number of carbonyl (C=O) groups is 2. The lowest BCUT2D eigenvalue weighted by Crippen LogP contribution is -2.34. The Kier molecular flexibility index (Phi) is 5.35. The molecule has 1 amide bonds. The highest BCUT2D eigenvalue weighted by atomic mass is 16.6. The smallest absolute Gasteiger partial charge is 0.339 e. The van der Waals surface area contributed by atoms with Crippen molar-refractivity contribution < 1.29 is 19.2 Å². The number of rotatable bonds is 5. The average molecular weight is 369 g/mol. The molecule has 0 aliphatic carbocycles. The second-order valence-corrected chi connectivity index (χ2v) is 6.26.